The Labute approximate surface area is 118 Å². The molecule has 0 radical (unpaired) electrons. The molecule has 0 amide bonds. The van der Waals surface area contributed by atoms with Gasteiger partial charge in [-0.15, -0.1) is 0 Å². The zero-order valence-corrected chi connectivity index (χ0v) is 13.8. The molecule has 0 saturated heterocycles. The molecule has 0 bridgehead atoms. The van der Waals surface area contributed by atoms with Gasteiger partial charge in [0.05, 0.1) is 10.7 Å². The summed E-state index contributed by atoms with van der Waals surface area (Å²) in [5.41, 5.74) is 0.341. The number of esters is 1. The Morgan fingerprint density at radius 3 is 2.11 bits per heavy atom. The van der Waals surface area contributed by atoms with E-state index in [1.807, 2.05) is 48.5 Å². The lowest BCUT2D eigenvalue weighted by Gasteiger charge is -2.19. The molecule has 0 aliphatic heterocycles. The standard InChI is InChI=1S/C14H25NO3S/c1-9(15-19(17)14(5,6)7)10-8-11(10)12(16)18-13(2,3)4/h10-11H,8H2,1-7H3/t10-,11+,19+/m0/s1. The van der Waals surface area contributed by atoms with Crippen LogP contribution in [0.15, 0.2) is 4.40 Å². The zero-order valence-electron chi connectivity index (χ0n) is 12.9. The molecule has 0 spiro atoms. The predicted molar refractivity (Wildman–Crippen MR) is 78.4 cm³/mol. The van der Waals surface area contributed by atoms with Crippen LogP contribution in [0.4, 0.5) is 0 Å². The number of ether oxygens (including phenoxy) is 1. The van der Waals surface area contributed by atoms with Crippen molar-refractivity contribution in [3.8, 4) is 0 Å². The van der Waals surface area contributed by atoms with Crippen LogP contribution in [0.5, 0.6) is 0 Å². The molecule has 1 aliphatic carbocycles. The molecular formula is C14H25NO3S. The maximum atomic E-state index is 11.9. The van der Waals surface area contributed by atoms with E-state index in [0.717, 1.165) is 12.1 Å². The van der Waals surface area contributed by atoms with Crippen LogP contribution in [0, 0.1) is 11.8 Å². The molecule has 4 nitrogen and oxygen atoms in total. The lowest BCUT2D eigenvalue weighted by molar-refractivity contribution is -0.156. The molecule has 0 aromatic rings. The third-order valence-corrected chi connectivity index (χ3v) is 4.29. The molecule has 1 fully saturated rings. The van der Waals surface area contributed by atoms with Crippen LogP contribution >= 0.6 is 0 Å². The molecule has 1 aliphatic rings. The Hall–Kier alpha value is -0.710. The van der Waals surface area contributed by atoms with Gasteiger partial charge in [-0.2, -0.15) is 4.40 Å². The van der Waals surface area contributed by atoms with Crippen LogP contribution in [0.25, 0.3) is 0 Å². The van der Waals surface area contributed by atoms with Crippen LogP contribution < -0.4 is 0 Å². The van der Waals surface area contributed by atoms with Crippen LogP contribution in [0.3, 0.4) is 0 Å². The van der Waals surface area contributed by atoms with Gasteiger partial charge >= 0.3 is 5.97 Å². The molecular weight excluding hydrogens is 262 g/mol. The number of carbonyl (C=O) groups is 1. The first-order valence-corrected chi connectivity index (χ1v) is 7.72. The molecule has 5 heteroatoms. The second kappa shape index (κ2) is 5.35. The van der Waals surface area contributed by atoms with Crippen molar-refractivity contribution in [3.05, 3.63) is 0 Å². The summed E-state index contributed by atoms with van der Waals surface area (Å²) >= 11 is 0. The van der Waals surface area contributed by atoms with Gasteiger partial charge in [0, 0.05) is 11.6 Å². The SMILES string of the molecule is CC(=N[S@](=O)C(C)(C)C)[C@@H]1C[C@H]1C(=O)OC(C)(C)C. The first-order valence-electron chi connectivity index (χ1n) is 6.62. The lowest BCUT2D eigenvalue weighted by Crippen LogP contribution is -2.26. The van der Waals surface area contributed by atoms with E-state index in [9.17, 15) is 9.00 Å². The molecule has 0 N–H and O–H groups in total. The highest BCUT2D eigenvalue weighted by atomic mass is 32.2. The van der Waals surface area contributed by atoms with Crippen molar-refractivity contribution in [2.24, 2.45) is 16.2 Å². The van der Waals surface area contributed by atoms with Crippen molar-refractivity contribution in [2.45, 2.75) is 65.2 Å². The van der Waals surface area contributed by atoms with E-state index in [-0.39, 0.29) is 22.6 Å². The van der Waals surface area contributed by atoms with Crippen LogP contribution in [-0.2, 0) is 20.5 Å². The van der Waals surface area contributed by atoms with Crippen molar-refractivity contribution < 1.29 is 13.7 Å². The summed E-state index contributed by atoms with van der Waals surface area (Å²) < 4.78 is 21.1. The molecule has 0 aromatic heterocycles. The maximum absolute atomic E-state index is 11.9. The Kier molecular flexibility index (Phi) is 4.60. The Bertz CT molecular complexity index is 415. The summed E-state index contributed by atoms with van der Waals surface area (Å²) in [4.78, 5) is 11.9. The monoisotopic (exact) mass is 287 g/mol. The fraction of sp³-hybridized carbons (Fsp3) is 0.857. The molecule has 1 rings (SSSR count). The van der Waals surface area contributed by atoms with Crippen LogP contribution in [-0.4, -0.2) is 26.2 Å². The van der Waals surface area contributed by atoms with Crippen molar-refractivity contribution in [1.29, 1.82) is 0 Å². The van der Waals surface area contributed by atoms with Crippen molar-refractivity contribution in [2.75, 3.05) is 0 Å². The van der Waals surface area contributed by atoms with E-state index >= 15 is 0 Å². The summed E-state index contributed by atoms with van der Waals surface area (Å²) in [5, 5.41) is 0. The largest absolute Gasteiger partial charge is 0.460 e. The van der Waals surface area contributed by atoms with Crippen molar-refractivity contribution in [1.82, 2.24) is 0 Å². The summed E-state index contributed by atoms with van der Waals surface area (Å²) in [6.07, 6.45) is 0.756. The molecule has 0 aromatic carbocycles. The average Bonchev–Trinajstić information content (AvgIpc) is 2.91. The van der Waals surface area contributed by atoms with Gasteiger partial charge in [0.15, 0.2) is 0 Å². The van der Waals surface area contributed by atoms with Gasteiger partial charge in [-0.1, -0.05) is 0 Å². The average molecular weight is 287 g/mol. The Morgan fingerprint density at radius 1 is 1.16 bits per heavy atom. The van der Waals surface area contributed by atoms with Gasteiger partial charge in [-0.3, -0.25) is 4.79 Å². The third-order valence-electron chi connectivity index (χ3n) is 2.79. The van der Waals surface area contributed by atoms with Gasteiger partial charge in [0.1, 0.15) is 16.6 Å². The van der Waals surface area contributed by atoms with E-state index in [1.54, 1.807) is 0 Å². The minimum Gasteiger partial charge on any atom is -0.460 e. The second-order valence-electron chi connectivity index (χ2n) is 7.08. The second-order valence-corrected chi connectivity index (χ2v) is 8.98. The fourth-order valence-electron chi connectivity index (χ4n) is 1.63. The van der Waals surface area contributed by atoms with E-state index in [4.69, 9.17) is 4.74 Å². The lowest BCUT2D eigenvalue weighted by atomic mass is 10.2. The minimum absolute atomic E-state index is 0.0983. The first-order chi connectivity index (χ1) is 8.42. The van der Waals surface area contributed by atoms with Gasteiger partial charge in [-0.25, -0.2) is 4.21 Å². The molecule has 19 heavy (non-hydrogen) atoms. The van der Waals surface area contributed by atoms with E-state index in [2.05, 4.69) is 4.40 Å². The van der Waals surface area contributed by atoms with Crippen molar-refractivity contribution in [3.63, 3.8) is 0 Å². The summed E-state index contributed by atoms with van der Waals surface area (Å²) in [5.74, 6) is -0.185. The van der Waals surface area contributed by atoms with Gasteiger partial charge in [0.2, 0.25) is 0 Å². The highest BCUT2D eigenvalue weighted by Crippen LogP contribution is 2.41. The highest BCUT2D eigenvalue weighted by molar-refractivity contribution is 7.85. The summed E-state index contributed by atoms with van der Waals surface area (Å²) in [6.45, 7) is 13.1. The van der Waals surface area contributed by atoms with E-state index in [1.165, 1.54) is 0 Å². The Morgan fingerprint density at radius 2 is 1.68 bits per heavy atom. The zero-order chi connectivity index (χ0) is 15.0. The smallest absolute Gasteiger partial charge is 0.310 e. The quantitative estimate of drug-likeness (QED) is 0.592. The third kappa shape index (κ3) is 5.05. The predicted octanol–water partition coefficient (Wildman–Crippen LogP) is 2.89. The molecule has 0 unspecified atom stereocenters. The number of carbonyl (C=O) groups excluding carboxylic acids is 1. The number of nitrogens with zero attached hydrogens (tertiary/aromatic N) is 1. The number of rotatable bonds is 3. The number of hydrogen-bond donors (Lipinski definition) is 0. The van der Waals surface area contributed by atoms with Gasteiger partial charge in [0.25, 0.3) is 0 Å². The minimum atomic E-state index is -1.26. The highest BCUT2D eigenvalue weighted by Gasteiger charge is 2.47. The van der Waals surface area contributed by atoms with Gasteiger partial charge in [-0.05, 0) is 54.9 Å². The van der Waals surface area contributed by atoms with E-state index < -0.39 is 16.6 Å². The molecule has 0 heterocycles. The van der Waals surface area contributed by atoms with Crippen LogP contribution in [0.1, 0.15) is 54.9 Å². The van der Waals surface area contributed by atoms with Crippen LogP contribution in [0.2, 0.25) is 0 Å². The summed E-state index contributed by atoms with van der Waals surface area (Å²) in [6, 6.07) is 0. The normalized spacial score (nSPS) is 25.9. The first kappa shape index (κ1) is 16.3. The summed E-state index contributed by atoms with van der Waals surface area (Å²) in [7, 11) is -1.26. The van der Waals surface area contributed by atoms with Gasteiger partial charge < -0.3 is 4.74 Å². The molecule has 1 saturated carbocycles. The molecule has 110 valence electrons. The van der Waals surface area contributed by atoms with E-state index in [0.29, 0.717) is 0 Å². The van der Waals surface area contributed by atoms with Crippen molar-refractivity contribution >= 4 is 22.7 Å². The Balaban J connectivity index is 2.60. The number of hydrogen-bond acceptors (Lipinski definition) is 3. The topological polar surface area (TPSA) is 55.7 Å². The molecule has 3 atom stereocenters. The maximum Gasteiger partial charge on any atom is 0.310 e. The fourth-order valence-corrected chi connectivity index (χ4v) is 2.30.